The molecule has 0 amide bonds. The minimum Gasteiger partial charge on any atom is -0.330 e. The van der Waals surface area contributed by atoms with E-state index in [1.807, 2.05) is 0 Å². The Morgan fingerprint density at radius 3 is 2.64 bits per heavy atom. The number of rotatable bonds is 2. The molecule has 0 saturated heterocycles. The summed E-state index contributed by atoms with van der Waals surface area (Å²) < 4.78 is 0. The molecular formula is C13H19N. The molecule has 0 aromatic heterocycles. The molecule has 76 valence electrons. The zero-order chi connectivity index (χ0) is 10.2. The largest absolute Gasteiger partial charge is 0.330 e. The molecule has 14 heavy (non-hydrogen) atoms. The van der Waals surface area contributed by atoms with Gasteiger partial charge in [0.15, 0.2) is 0 Å². The summed E-state index contributed by atoms with van der Waals surface area (Å²) in [4.78, 5) is 0. The molecular weight excluding hydrogens is 170 g/mol. The molecule has 1 aromatic carbocycles. The van der Waals surface area contributed by atoms with Crippen LogP contribution in [0.2, 0.25) is 0 Å². The maximum absolute atomic E-state index is 5.91. The molecule has 1 aromatic rings. The molecule has 0 heterocycles. The highest BCUT2D eigenvalue weighted by molar-refractivity contribution is 5.32. The van der Waals surface area contributed by atoms with Crippen molar-refractivity contribution in [2.75, 3.05) is 6.54 Å². The van der Waals surface area contributed by atoms with Gasteiger partial charge >= 0.3 is 0 Å². The van der Waals surface area contributed by atoms with Gasteiger partial charge in [-0.1, -0.05) is 36.8 Å². The molecule has 1 fully saturated rings. The molecule has 1 aliphatic carbocycles. The van der Waals surface area contributed by atoms with Crippen LogP contribution in [0, 0.1) is 12.8 Å². The molecule has 1 nitrogen and oxygen atoms in total. The first-order chi connectivity index (χ1) is 6.66. The van der Waals surface area contributed by atoms with Gasteiger partial charge in [-0.15, -0.1) is 0 Å². The number of hydrogen-bond donors (Lipinski definition) is 1. The summed E-state index contributed by atoms with van der Waals surface area (Å²) in [6, 6.07) is 8.81. The minimum absolute atomic E-state index is 0.297. The van der Waals surface area contributed by atoms with E-state index >= 15 is 0 Å². The van der Waals surface area contributed by atoms with Gasteiger partial charge in [-0.05, 0) is 31.2 Å². The third-order valence-corrected chi connectivity index (χ3v) is 3.50. The maximum Gasteiger partial charge on any atom is 0.00807 e. The fraction of sp³-hybridized carbons (Fsp3) is 0.538. The van der Waals surface area contributed by atoms with E-state index in [4.69, 9.17) is 5.73 Å². The van der Waals surface area contributed by atoms with E-state index in [0.717, 1.165) is 12.5 Å². The van der Waals surface area contributed by atoms with Gasteiger partial charge in [0.05, 0.1) is 0 Å². The second-order valence-corrected chi connectivity index (χ2v) is 4.87. The number of benzene rings is 1. The van der Waals surface area contributed by atoms with Crippen LogP contribution in [0.5, 0.6) is 0 Å². The van der Waals surface area contributed by atoms with Gasteiger partial charge in [-0.3, -0.25) is 0 Å². The lowest BCUT2D eigenvalue weighted by Crippen LogP contribution is -2.46. The molecule has 1 heteroatoms. The van der Waals surface area contributed by atoms with Gasteiger partial charge in [0.1, 0.15) is 0 Å². The van der Waals surface area contributed by atoms with E-state index in [-0.39, 0.29) is 0 Å². The molecule has 0 unspecified atom stereocenters. The molecule has 0 atom stereocenters. The summed E-state index contributed by atoms with van der Waals surface area (Å²) in [7, 11) is 0. The molecule has 2 rings (SSSR count). The highest BCUT2D eigenvalue weighted by Gasteiger charge is 2.41. The predicted molar refractivity (Wildman–Crippen MR) is 60.3 cm³/mol. The topological polar surface area (TPSA) is 26.0 Å². The van der Waals surface area contributed by atoms with Crippen LogP contribution < -0.4 is 5.73 Å². The van der Waals surface area contributed by atoms with Crippen molar-refractivity contribution in [2.45, 2.75) is 32.1 Å². The standard InChI is InChI=1S/C13H19N/c1-10-4-3-5-12(6-10)13(9-14)7-11(2)8-13/h3-6,11H,7-9,14H2,1-2H3. The van der Waals surface area contributed by atoms with Crippen LogP contribution in [-0.2, 0) is 5.41 Å². The first-order valence-corrected chi connectivity index (χ1v) is 5.43. The van der Waals surface area contributed by atoms with Crippen LogP contribution in [-0.4, -0.2) is 6.54 Å². The number of hydrogen-bond acceptors (Lipinski definition) is 1. The van der Waals surface area contributed by atoms with Crippen molar-refractivity contribution >= 4 is 0 Å². The lowest BCUT2D eigenvalue weighted by molar-refractivity contribution is 0.164. The van der Waals surface area contributed by atoms with Crippen LogP contribution >= 0.6 is 0 Å². The Hall–Kier alpha value is -0.820. The Kier molecular flexibility index (Phi) is 2.36. The summed E-state index contributed by atoms with van der Waals surface area (Å²) in [5.41, 5.74) is 9.00. The quantitative estimate of drug-likeness (QED) is 0.760. The fourth-order valence-corrected chi connectivity index (χ4v) is 2.77. The van der Waals surface area contributed by atoms with Gasteiger partial charge in [-0.25, -0.2) is 0 Å². The van der Waals surface area contributed by atoms with E-state index in [0.29, 0.717) is 5.41 Å². The molecule has 1 aliphatic rings. The van der Waals surface area contributed by atoms with Gasteiger partial charge in [0, 0.05) is 12.0 Å². The number of aryl methyl sites for hydroxylation is 1. The minimum atomic E-state index is 0.297. The fourth-order valence-electron chi connectivity index (χ4n) is 2.77. The summed E-state index contributed by atoms with van der Waals surface area (Å²) >= 11 is 0. The van der Waals surface area contributed by atoms with Crippen molar-refractivity contribution in [1.82, 2.24) is 0 Å². The smallest absolute Gasteiger partial charge is 0.00807 e. The lowest BCUT2D eigenvalue weighted by atomic mass is 9.59. The third kappa shape index (κ3) is 1.46. The molecule has 0 spiro atoms. The van der Waals surface area contributed by atoms with Crippen molar-refractivity contribution in [3.63, 3.8) is 0 Å². The van der Waals surface area contributed by atoms with Crippen molar-refractivity contribution in [3.05, 3.63) is 35.4 Å². The molecule has 2 N–H and O–H groups in total. The van der Waals surface area contributed by atoms with Crippen molar-refractivity contribution < 1.29 is 0 Å². The summed E-state index contributed by atoms with van der Waals surface area (Å²) in [6.07, 6.45) is 2.51. The van der Waals surface area contributed by atoms with Crippen LogP contribution in [0.4, 0.5) is 0 Å². The van der Waals surface area contributed by atoms with Gasteiger partial charge in [-0.2, -0.15) is 0 Å². The van der Waals surface area contributed by atoms with Gasteiger partial charge < -0.3 is 5.73 Å². The zero-order valence-corrected chi connectivity index (χ0v) is 9.09. The van der Waals surface area contributed by atoms with Crippen molar-refractivity contribution in [3.8, 4) is 0 Å². The van der Waals surface area contributed by atoms with Crippen LogP contribution in [0.15, 0.2) is 24.3 Å². The Morgan fingerprint density at radius 2 is 2.14 bits per heavy atom. The van der Waals surface area contributed by atoms with E-state index in [9.17, 15) is 0 Å². The molecule has 1 saturated carbocycles. The second-order valence-electron chi connectivity index (χ2n) is 4.87. The van der Waals surface area contributed by atoms with Crippen LogP contribution in [0.25, 0.3) is 0 Å². The molecule has 0 radical (unpaired) electrons. The lowest BCUT2D eigenvalue weighted by Gasteiger charge is -2.46. The van der Waals surface area contributed by atoms with E-state index in [1.165, 1.54) is 24.0 Å². The normalized spacial score (nSPS) is 31.2. The van der Waals surface area contributed by atoms with Crippen molar-refractivity contribution in [2.24, 2.45) is 11.7 Å². The van der Waals surface area contributed by atoms with Gasteiger partial charge in [0.25, 0.3) is 0 Å². The molecule has 0 bridgehead atoms. The SMILES string of the molecule is Cc1cccc(C2(CN)CC(C)C2)c1. The Balaban J connectivity index is 2.29. The zero-order valence-electron chi connectivity index (χ0n) is 9.09. The Labute approximate surface area is 86.3 Å². The maximum atomic E-state index is 5.91. The summed E-state index contributed by atoms with van der Waals surface area (Å²) in [5, 5.41) is 0. The Morgan fingerprint density at radius 1 is 1.43 bits per heavy atom. The van der Waals surface area contributed by atoms with Crippen LogP contribution in [0.3, 0.4) is 0 Å². The second kappa shape index (κ2) is 3.39. The van der Waals surface area contributed by atoms with E-state index in [2.05, 4.69) is 38.1 Å². The van der Waals surface area contributed by atoms with Gasteiger partial charge in [0.2, 0.25) is 0 Å². The highest BCUT2D eigenvalue weighted by atomic mass is 14.6. The Bertz CT molecular complexity index is 324. The third-order valence-electron chi connectivity index (χ3n) is 3.50. The van der Waals surface area contributed by atoms with Crippen LogP contribution in [0.1, 0.15) is 30.9 Å². The van der Waals surface area contributed by atoms with Crippen molar-refractivity contribution in [1.29, 1.82) is 0 Å². The summed E-state index contributed by atoms with van der Waals surface area (Å²) in [6.45, 7) is 5.25. The first kappa shape index (κ1) is 9.72. The average molecular weight is 189 g/mol. The molecule has 0 aliphatic heterocycles. The summed E-state index contributed by atoms with van der Waals surface area (Å²) in [5.74, 6) is 0.846. The number of nitrogens with two attached hydrogens (primary N) is 1. The van der Waals surface area contributed by atoms with E-state index in [1.54, 1.807) is 0 Å². The predicted octanol–water partition coefficient (Wildman–Crippen LogP) is 2.62. The average Bonchev–Trinajstić information content (AvgIpc) is 2.12. The highest BCUT2D eigenvalue weighted by Crippen LogP contribution is 2.46. The van der Waals surface area contributed by atoms with E-state index < -0.39 is 0 Å². The monoisotopic (exact) mass is 189 g/mol. The first-order valence-electron chi connectivity index (χ1n) is 5.43.